The summed E-state index contributed by atoms with van der Waals surface area (Å²) < 4.78 is 53.0. The minimum Gasteiger partial charge on any atom is -0.298 e. The highest BCUT2D eigenvalue weighted by molar-refractivity contribution is 6.14. The Kier molecular flexibility index (Phi) is 5.23. The molecule has 0 unspecified atom stereocenters. The van der Waals surface area contributed by atoms with Crippen LogP contribution in [0.4, 0.5) is 17.6 Å². The lowest BCUT2D eigenvalue weighted by Gasteiger charge is -2.26. The molecule has 1 aliphatic heterocycles. The van der Waals surface area contributed by atoms with Gasteiger partial charge in [-0.15, -0.1) is 0 Å². The number of rotatable bonds is 2. The van der Waals surface area contributed by atoms with Crippen LogP contribution in [0.3, 0.4) is 0 Å². The van der Waals surface area contributed by atoms with Gasteiger partial charge in [-0.2, -0.15) is 13.2 Å². The minimum atomic E-state index is -4.79. The summed E-state index contributed by atoms with van der Waals surface area (Å²) in [5, 5.41) is 0. The average molecular weight is 376 g/mol. The second-order valence-corrected chi connectivity index (χ2v) is 6.33. The number of carbonyl (C=O) groups excluding carboxylic acids is 1. The van der Waals surface area contributed by atoms with Gasteiger partial charge >= 0.3 is 6.18 Å². The van der Waals surface area contributed by atoms with Gasteiger partial charge in [-0.1, -0.05) is 12.1 Å². The van der Waals surface area contributed by atoms with E-state index in [9.17, 15) is 22.4 Å². The Morgan fingerprint density at radius 1 is 1.04 bits per heavy atom. The van der Waals surface area contributed by atoms with Gasteiger partial charge in [-0.05, 0) is 43.0 Å². The van der Waals surface area contributed by atoms with Crippen LogP contribution >= 0.6 is 0 Å². The lowest BCUT2D eigenvalue weighted by Crippen LogP contribution is -2.34. The number of halogens is 4. The molecule has 0 bridgehead atoms. The Labute approximate surface area is 153 Å². The first-order chi connectivity index (χ1) is 12.8. The second kappa shape index (κ2) is 7.44. The van der Waals surface area contributed by atoms with Crippen molar-refractivity contribution in [3.05, 3.63) is 76.4 Å². The van der Waals surface area contributed by atoms with Gasteiger partial charge < -0.3 is 0 Å². The van der Waals surface area contributed by atoms with E-state index >= 15 is 0 Å². The molecule has 3 nitrogen and oxygen atoms in total. The van der Waals surface area contributed by atoms with Crippen molar-refractivity contribution in [2.24, 2.45) is 0 Å². The average Bonchev–Trinajstić information content (AvgIpc) is 2.60. The van der Waals surface area contributed by atoms with Crippen LogP contribution in [-0.4, -0.2) is 35.8 Å². The Hall–Kier alpha value is -2.80. The van der Waals surface area contributed by atoms with Gasteiger partial charge in [0.05, 0.1) is 5.56 Å². The van der Waals surface area contributed by atoms with Crippen molar-refractivity contribution < 1.29 is 22.4 Å². The standard InChI is InChI=1S/C20H16F4N2O/c1-26-11-15(9-13-5-7-25-8-6-13)19(27)16(12-26)10-14-3-2-4-17(18(14)21)20(22,23)24/h2-10H,11-12H2,1H3/b15-9?,16-10+. The van der Waals surface area contributed by atoms with Crippen LogP contribution in [0.25, 0.3) is 12.2 Å². The highest BCUT2D eigenvalue weighted by atomic mass is 19.4. The molecule has 0 atom stereocenters. The van der Waals surface area contributed by atoms with Crippen molar-refractivity contribution >= 4 is 17.9 Å². The smallest absolute Gasteiger partial charge is 0.298 e. The topological polar surface area (TPSA) is 33.2 Å². The zero-order chi connectivity index (χ0) is 19.6. The summed E-state index contributed by atoms with van der Waals surface area (Å²) in [4.78, 5) is 18.5. The van der Waals surface area contributed by atoms with Crippen molar-refractivity contribution in [1.29, 1.82) is 0 Å². The molecule has 1 saturated heterocycles. The number of pyridine rings is 1. The van der Waals surface area contributed by atoms with E-state index in [4.69, 9.17) is 0 Å². The van der Waals surface area contributed by atoms with Crippen LogP contribution in [0.5, 0.6) is 0 Å². The number of benzene rings is 1. The Bertz CT molecular complexity index is 917. The summed E-state index contributed by atoms with van der Waals surface area (Å²) >= 11 is 0. The first-order valence-corrected chi connectivity index (χ1v) is 8.16. The third kappa shape index (κ3) is 4.31. The second-order valence-electron chi connectivity index (χ2n) is 6.33. The molecule has 0 saturated carbocycles. The van der Waals surface area contributed by atoms with E-state index < -0.39 is 17.6 Å². The van der Waals surface area contributed by atoms with Crippen molar-refractivity contribution in [2.75, 3.05) is 20.1 Å². The number of hydrogen-bond donors (Lipinski definition) is 0. The van der Waals surface area contributed by atoms with E-state index in [1.807, 2.05) is 4.90 Å². The molecule has 2 heterocycles. The van der Waals surface area contributed by atoms with Gasteiger partial charge in [0.25, 0.3) is 0 Å². The highest BCUT2D eigenvalue weighted by Crippen LogP contribution is 2.33. The fraction of sp³-hybridized carbons (Fsp3) is 0.200. The maximum Gasteiger partial charge on any atom is 0.419 e. The molecule has 1 aliphatic rings. The molecule has 2 aromatic rings. The van der Waals surface area contributed by atoms with Crippen LogP contribution in [0.1, 0.15) is 16.7 Å². The molecule has 0 amide bonds. The number of nitrogens with zero attached hydrogens (tertiary/aromatic N) is 2. The Morgan fingerprint density at radius 3 is 2.30 bits per heavy atom. The summed E-state index contributed by atoms with van der Waals surface area (Å²) in [6, 6.07) is 6.52. The molecule has 1 fully saturated rings. The molecule has 3 rings (SSSR count). The fourth-order valence-electron chi connectivity index (χ4n) is 2.94. The highest BCUT2D eigenvalue weighted by Gasteiger charge is 2.35. The number of likely N-dealkylation sites (tertiary alicyclic amines) is 1. The summed E-state index contributed by atoms with van der Waals surface area (Å²) in [7, 11) is 1.78. The number of ketones is 1. The van der Waals surface area contributed by atoms with Gasteiger partial charge in [0.2, 0.25) is 0 Å². The summed E-state index contributed by atoms with van der Waals surface area (Å²) in [5.74, 6) is -1.68. The molecule has 1 aromatic heterocycles. The van der Waals surface area contributed by atoms with Crippen molar-refractivity contribution in [2.45, 2.75) is 6.18 Å². The predicted molar refractivity (Wildman–Crippen MR) is 94.1 cm³/mol. The maximum absolute atomic E-state index is 14.3. The van der Waals surface area contributed by atoms with Crippen molar-refractivity contribution in [3.63, 3.8) is 0 Å². The van der Waals surface area contributed by atoms with E-state index in [2.05, 4.69) is 4.98 Å². The van der Waals surface area contributed by atoms with E-state index in [0.29, 0.717) is 18.2 Å². The Morgan fingerprint density at radius 2 is 1.67 bits per heavy atom. The molecular weight excluding hydrogens is 360 g/mol. The van der Waals surface area contributed by atoms with Crippen molar-refractivity contribution in [3.8, 4) is 0 Å². The van der Waals surface area contributed by atoms with Gasteiger partial charge in [0.1, 0.15) is 5.82 Å². The number of piperidine rings is 1. The van der Waals surface area contributed by atoms with E-state index in [1.165, 1.54) is 12.1 Å². The summed E-state index contributed by atoms with van der Waals surface area (Å²) in [6.45, 7) is 0.617. The van der Waals surface area contributed by atoms with Gasteiger partial charge in [-0.3, -0.25) is 14.7 Å². The van der Waals surface area contributed by atoms with E-state index in [0.717, 1.165) is 11.6 Å². The number of hydrogen-bond acceptors (Lipinski definition) is 3. The lowest BCUT2D eigenvalue weighted by molar-refractivity contribution is -0.140. The monoisotopic (exact) mass is 376 g/mol. The van der Waals surface area contributed by atoms with Gasteiger partial charge in [0.15, 0.2) is 5.78 Å². The normalized spacial score (nSPS) is 19.1. The largest absolute Gasteiger partial charge is 0.419 e. The molecule has 27 heavy (non-hydrogen) atoms. The molecule has 0 aliphatic carbocycles. The number of alkyl halides is 3. The molecule has 0 N–H and O–H groups in total. The third-order valence-electron chi connectivity index (χ3n) is 4.17. The van der Waals surface area contributed by atoms with Crippen LogP contribution in [-0.2, 0) is 11.0 Å². The first-order valence-electron chi connectivity index (χ1n) is 8.16. The summed E-state index contributed by atoms with van der Waals surface area (Å²) in [5.41, 5.74) is -0.100. The van der Waals surface area contributed by atoms with Crippen molar-refractivity contribution in [1.82, 2.24) is 9.88 Å². The van der Waals surface area contributed by atoms with Crippen LogP contribution in [0.15, 0.2) is 53.9 Å². The van der Waals surface area contributed by atoms with Crippen LogP contribution in [0, 0.1) is 5.82 Å². The molecule has 0 radical (unpaired) electrons. The van der Waals surface area contributed by atoms with Crippen LogP contribution in [0.2, 0.25) is 0 Å². The lowest BCUT2D eigenvalue weighted by atomic mass is 9.94. The zero-order valence-electron chi connectivity index (χ0n) is 14.4. The van der Waals surface area contributed by atoms with Gasteiger partial charge in [0, 0.05) is 42.2 Å². The molecular formula is C20H16F4N2O. The van der Waals surface area contributed by atoms with E-state index in [-0.39, 0.29) is 23.5 Å². The maximum atomic E-state index is 14.3. The number of likely N-dealkylation sites (N-methyl/N-ethyl adjacent to an activating group) is 1. The molecule has 1 aromatic carbocycles. The SMILES string of the molecule is CN1CC(=Cc2ccncc2)C(=O)/C(=C/c2cccc(C(F)(F)F)c2F)C1. The minimum absolute atomic E-state index is 0.224. The predicted octanol–water partition coefficient (Wildman–Crippen LogP) is 4.22. The quantitative estimate of drug-likeness (QED) is 0.581. The molecule has 0 spiro atoms. The summed E-state index contributed by atoms with van der Waals surface area (Å²) in [6.07, 6.45) is 1.30. The number of aromatic nitrogens is 1. The van der Waals surface area contributed by atoms with E-state index in [1.54, 1.807) is 37.7 Å². The fourth-order valence-corrected chi connectivity index (χ4v) is 2.94. The first kappa shape index (κ1) is 19.0. The molecule has 7 heteroatoms. The van der Waals surface area contributed by atoms with Crippen LogP contribution < -0.4 is 0 Å². The molecule has 140 valence electrons. The Balaban J connectivity index is 1.99. The number of carbonyl (C=O) groups is 1. The third-order valence-corrected chi connectivity index (χ3v) is 4.17. The zero-order valence-corrected chi connectivity index (χ0v) is 14.4. The van der Waals surface area contributed by atoms with Gasteiger partial charge in [-0.25, -0.2) is 4.39 Å². The number of Topliss-reactive ketones (excluding diaryl/α,β-unsaturated/α-hetero) is 1.